The first-order valence-electron chi connectivity index (χ1n) is 25.7. The molecule has 1 N–H and O–H groups in total. The number of rotatable bonds is 10. The highest BCUT2D eigenvalue weighted by molar-refractivity contribution is 6.39. The summed E-state index contributed by atoms with van der Waals surface area (Å²) in [5, 5.41) is 13.4. The summed E-state index contributed by atoms with van der Waals surface area (Å²) in [7, 11) is 7.06. The molecule has 3 aliphatic heterocycles. The Balaban J connectivity index is 1.28. The van der Waals surface area contributed by atoms with Crippen LogP contribution in [0, 0.1) is 29.6 Å². The third kappa shape index (κ3) is 12.0. The van der Waals surface area contributed by atoms with E-state index in [0.29, 0.717) is 51.4 Å². The Hall–Kier alpha value is -3.88. The van der Waals surface area contributed by atoms with Gasteiger partial charge in [0, 0.05) is 82.5 Å². The summed E-state index contributed by atoms with van der Waals surface area (Å²) >= 11 is 0. The topological polar surface area (TPSA) is 146 Å². The molecule has 1 aliphatic carbocycles. The first-order chi connectivity index (χ1) is 32.5. The van der Waals surface area contributed by atoms with Crippen molar-refractivity contribution in [2.24, 2.45) is 29.6 Å². The summed E-state index contributed by atoms with van der Waals surface area (Å²) in [6, 6.07) is 7.99. The number of piperidine rings is 1. The van der Waals surface area contributed by atoms with Crippen LogP contribution in [0.2, 0.25) is 0 Å². The van der Waals surface area contributed by atoms with Crippen LogP contribution in [0.1, 0.15) is 132 Å². The number of aryl methyl sites for hydroxylation is 1. The SMILES string of the molecule is CCCn1ccc2cc(N(C)C3CCC(C=C(C)C4OC(=O)C5CCCCN5C(=O)C(=O)C5(O)OC(C(OC)CC(C)C/C(C)=C/C(CC)C(=O)CCC4C)C(OC)CC5C)CC3OC)ccc21. The van der Waals surface area contributed by atoms with Gasteiger partial charge in [0.05, 0.1) is 24.4 Å². The van der Waals surface area contributed by atoms with Crippen molar-refractivity contribution in [3.63, 3.8) is 0 Å². The molecule has 1 amide bonds. The molecule has 1 aromatic heterocycles. The van der Waals surface area contributed by atoms with Crippen molar-refractivity contribution in [1.29, 1.82) is 0 Å². The van der Waals surface area contributed by atoms with Crippen LogP contribution in [0.5, 0.6) is 0 Å². The Labute approximate surface area is 406 Å². The number of allylic oxidation sites excluding steroid dienone is 3. The van der Waals surface area contributed by atoms with Crippen LogP contribution >= 0.6 is 0 Å². The number of carbonyl (C=O) groups is 4. The number of methoxy groups -OCH3 is 3. The molecule has 1 aromatic carbocycles. The van der Waals surface area contributed by atoms with E-state index < -0.39 is 59.8 Å². The predicted octanol–water partition coefficient (Wildman–Crippen LogP) is 9.01. The second-order valence-corrected chi connectivity index (χ2v) is 20.9. The minimum atomic E-state index is -2.47. The lowest BCUT2D eigenvalue weighted by atomic mass is 9.80. The highest BCUT2D eigenvalue weighted by Crippen LogP contribution is 2.40. The zero-order chi connectivity index (χ0) is 49.4. The Morgan fingerprint density at radius 2 is 1.65 bits per heavy atom. The Bertz CT molecular complexity index is 2110. The van der Waals surface area contributed by atoms with Gasteiger partial charge in [0.2, 0.25) is 5.79 Å². The first-order valence-corrected chi connectivity index (χ1v) is 25.7. The molecular weight excluding hydrogens is 863 g/mol. The normalized spacial score (nSPS) is 35.3. The standard InChI is InChI=1S/C55H83N3O10/c1-12-24-57-26-23-41-33-42(19-21-43(41)57)56(8)44-20-18-39(32-47(44)64-9)30-37(6)50-36(5)17-22-46(59)40(13-2)28-34(3)27-35(4)29-48(65-10)51-49(66-11)31-38(7)55(63,68-51)52(60)53(61)58-25-15-14-16-45(58)54(62)67-50/h19,21,23,26,28,30,33,35-36,38-40,44-45,47-51,63H,12-18,20,22,24-25,27,29,31-32H2,1-11H3/b34-28+,37-30?. The molecule has 0 spiro atoms. The summed E-state index contributed by atoms with van der Waals surface area (Å²) in [5.41, 5.74) is 4.36. The number of hydrogen-bond donors (Lipinski definition) is 1. The number of hydrogen-bond acceptors (Lipinski definition) is 11. The number of anilines is 1. The minimum Gasteiger partial charge on any atom is -0.456 e. The molecule has 13 nitrogen and oxygen atoms in total. The number of aliphatic hydroxyl groups is 1. The van der Waals surface area contributed by atoms with Crippen LogP contribution in [0.4, 0.5) is 5.69 Å². The van der Waals surface area contributed by atoms with Crippen molar-refractivity contribution >= 4 is 40.0 Å². The predicted molar refractivity (Wildman–Crippen MR) is 265 cm³/mol. The molecule has 2 aromatic rings. The molecule has 2 bridgehead atoms. The lowest BCUT2D eigenvalue weighted by molar-refractivity contribution is -0.302. The van der Waals surface area contributed by atoms with E-state index in [0.717, 1.165) is 49.1 Å². The average molecular weight is 946 g/mol. The smallest absolute Gasteiger partial charge is 0.329 e. The van der Waals surface area contributed by atoms with Gasteiger partial charge in [-0.2, -0.15) is 0 Å². The summed E-state index contributed by atoms with van der Waals surface area (Å²) in [4.78, 5) is 61.1. The van der Waals surface area contributed by atoms with Gasteiger partial charge in [-0.05, 0) is 138 Å². The second-order valence-electron chi connectivity index (χ2n) is 20.9. The summed E-state index contributed by atoms with van der Waals surface area (Å²) < 4.78 is 33.2. The van der Waals surface area contributed by atoms with Crippen molar-refractivity contribution in [1.82, 2.24) is 9.47 Å². The molecular formula is C55H83N3O10. The van der Waals surface area contributed by atoms with Gasteiger partial charge in [-0.1, -0.05) is 52.3 Å². The lowest BCUT2D eigenvalue weighted by Crippen LogP contribution is -2.64. The maximum Gasteiger partial charge on any atom is 0.329 e. The van der Waals surface area contributed by atoms with Gasteiger partial charge in [-0.25, -0.2) is 4.79 Å². The number of nitrogens with zero attached hydrogens (tertiary/aromatic N) is 3. The zero-order valence-corrected chi connectivity index (χ0v) is 43.0. The summed E-state index contributed by atoms with van der Waals surface area (Å²) in [6.45, 7) is 15.2. The number of ether oxygens (including phenoxy) is 5. The van der Waals surface area contributed by atoms with E-state index in [-0.39, 0.29) is 54.6 Å². The number of Topliss-reactive ketones (excluding diaryl/α,β-unsaturated/α-hetero) is 2. The number of carbonyl (C=O) groups excluding carboxylic acids is 4. The first kappa shape index (κ1) is 53.5. The number of ketones is 2. The molecule has 4 aliphatic rings. The largest absolute Gasteiger partial charge is 0.456 e. The monoisotopic (exact) mass is 946 g/mol. The number of esters is 1. The van der Waals surface area contributed by atoms with Crippen LogP contribution in [-0.2, 0) is 49.4 Å². The van der Waals surface area contributed by atoms with Crippen molar-refractivity contribution in [2.45, 2.75) is 187 Å². The van der Waals surface area contributed by atoms with Gasteiger partial charge in [0.1, 0.15) is 24.0 Å². The minimum absolute atomic E-state index is 0.0459. The molecule has 13 heteroatoms. The summed E-state index contributed by atoms with van der Waals surface area (Å²) in [5.74, 6) is -6.05. The number of fused-ring (bicyclic) bond motifs is 4. The molecule has 4 heterocycles. The van der Waals surface area contributed by atoms with E-state index in [1.165, 1.54) is 15.8 Å². The molecule has 68 heavy (non-hydrogen) atoms. The average Bonchev–Trinajstić information content (AvgIpc) is 3.74. The molecule has 6 rings (SSSR count). The van der Waals surface area contributed by atoms with Crippen LogP contribution in [0.25, 0.3) is 10.9 Å². The van der Waals surface area contributed by atoms with Crippen molar-refractivity contribution in [2.75, 3.05) is 39.8 Å². The molecule has 13 unspecified atom stereocenters. The number of benzene rings is 1. The third-order valence-electron chi connectivity index (χ3n) is 15.9. The van der Waals surface area contributed by atoms with Crippen LogP contribution in [0.15, 0.2) is 53.8 Å². The quantitative estimate of drug-likeness (QED) is 0.138. The lowest BCUT2D eigenvalue weighted by Gasteiger charge is -2.47. The number of likely N-dealkylation sites (N-methyl/N-ethyl adjacent to an activating group) is 1. The number of aromatic nitrogens is 1. The van der Waals surface area contributed by atoms with Crippen LogP contribution in [-0.4, -0.2) is 121 Å². The molecule has 1 saturated carbocycles. The number of amides is 1. The highest BCUT2D eigenvalue weighted by Gasteiger charge is 2.56. The van der Waals surface area contributed by atoms with E-state index in [1.54, 1.807) is 28.3 Å². The van der Waals surface area contributed by atoms with Crippen LogP contribution in [0.3, 0.4) is 0 Å². The van der Waals surface area contributed by atoms with E-state index in [4.69, 9.17) is 23.7 Å². The van der Waals surface area contributed by atoms with Gasteiger partial charge in [-0.15, -0.1) is 0 Å². The molecule has 0 radical (unpaired) electrons. The van der Waals surface area contributed by atoms with Gasteiger partial charge >= 0.3 is 5.97 Å². The molecule has 2 saturated heterocycles. The maximum absolute atomic E-state index is 14.6. The van der Waals surface area contributed by atoms with E-state index >= 15 is 0 Å². The maximum atomic E-state index is 14.6. The molecule has 3 fully saturated rings. The Morgan fingerprint density at radius 3 is 2.34 bits per heavy atom. The van der Waals surface area contributed by atoms with E-state index in [2.05, 4.69) is 79.9 Å². The van der Waals surface area contributed by atoms with Crippen molar-refractivity contribution in [3.05, 3.63) is 53.8 Å². The van der Waals surface area contributed by atoms with Crippen molar-refractivity contribution in [3.8, 4) is 0 Å². The molecule has 378 valence electrons. The highest BCUT2D eigenvalue weighted by atomic mass is 16.7. The van der Waals surface area contributed by atoms with E-state index in [9.17, 15) is 24.3 Å². The number of cyclic esters (lactones) is 1. The van der Waals surface area contributed by atoms with E-state index in [1.807, 2.05) is 20.8 Å². The fraction of sp³-hybridized carbons (Fsp3) is 0.709. The fourth-order valence-corrected chi connectivity index (χ4v) is 11.9. The fourth-order valence-electron chi connectivity index (χ4n) is 11.9. The van der Waals surface area contributed by atoms with Gasteiger partial charge in [-0.3, -0.25) is 14.4 Å². The van der Waals surface area contributed by atoms with Gasteiger partial charge < -0.3 is 43.2 Å². The Morgan fingerprint density at radius 1 is 0.926 bits per heavy atom. The van der Waals surface area contributed by atoms with Gasteiger partial charge in [0.25, 0.3) is 11.7 Å². The zero-order valence-electron chi connectivity index (χ0n) is 43.0. The van der Waals surface area contributed by atoms with Crippen molar-refractivity contribution < 1.29 is 48.0 Å². The summed E-state index contributed by atoms with van der Waals surface area (Å²) in [6.07, 6.45) is 12.0. The van der Waals surface area contributed by atoms with Crippen LogP contribution < -0.4 is 4.90 Å². The third-order valence-corrected chi connectivity index (χ3v) is 15.9. The molecule has 13 atom stereocenters. The Kier molecular flexibility index (Phi) is 18.7. The van der Waals surface area contributed by atoms with Gasteiger partial charge in [0.15, 0.2) is 0 Å². The second kappa shape index (κ2) is 23.8.